The number of sulfonamides is 1. The van der Waals surface area contributed by atoms with Crippen molar-refractivity contribution in [3.8, 4) is 17.0 Å². The van der Waals surface area contributed by atoms with Crippen LogP contribution in [0.15, 0.2) is 36.4 Å². The van der Waals surface area contributed by atoms with Gasteiger partial charge >= 0.3 is 6.18 Å². The van der Waals surface area contributed by atoms with E-state index in [1.165, 1.54) is 14.0 Å². The lowest BCUT2D eigenvalue weighted by atomic mass is 9.97. The monoisotopic (exact) mass is 595 g/mol. The topological polar surface area (TPSA) is 149 Å². The molecule has 0 amide bonds. The number of benzene rings is 2. The number of hydrogen-bond donors (Lipinski definition) is 4. The predicted molar refractivity (Wildman–Crippen MR) is 149 cm³/mol. The first-order valence-corrected chi connectivity index (χ1v) is 14.1. The van der Waals surface area contributed by atoms with E-state index < -0.39 is 51.2 Å². The number of phenols is 1. The molecule has 1 aromatic heterocycles. The van der Waals surface area contributed by atoms with E-state index in [2.05, 4.69) is 10.3 Å². The highest BCUT2D eigenvalue weighted by Gasteiger charge is 2.31. The van der Waals surface area contributed by atoms with Crippen LogP contribution in [0.1, 0.15) is 35.6 Å². The average molecular weight is 596 g/mol. The van der Waals surface area contributed by atoms with Gasteiger partial charge in [0.2, 0.25) is 10.0 Å². The molecule has 9 nitrogen and oxygen atoms in total. The molecule has 2 aromatic carbocycles. The van der Waals surface area contributed by atoms with Gasteiger partial charge in [0.1, 0.15) is 11.5 Å². The smallest absolute Gasteiger partial charge is 0.393 e. The van der Waals surface area contributed by atoms with Crippen molar-refractivity contribution in [3.63, 3.8) is 0 Å². The molecule has 0 aliphatic carbocycles. The van der Waals surface area contributed by atoms with E-state index in [9.17, 15) is 35.9 Å². The predicted octanol–water partition coefficient (Wildman–Crippen LogP) is 4.94. The maximum absolute atomic E-state index is 14.3. The third kappa shape index (κ3) is 7.31. The second-order valence-electron chi connectivity index (χ2n) is 9.44. The summed E-state index contributed by atoms with van der Waals surface area (Å²) < 4.78 is 79.7. The number of aromatic nitrogens is 1. The first-order valence-electron chi connectivity index (χ1n) is 12.2. The number of halogens is 4. The summed E-state index contributed by atoms with van der Waals surface area (Å²) in [6, 6.07) is 7.48. The van der Waals surface area contributed by atoms with Crippen molar-refractivity contribution < 1.29 is 35.9 Å². The Morgan fingerprint density at radius 1 is 1.17 bits per heavy atom. The lowest BCUT2D eigenvalue weighted by molar-refractivity contribution is -0.127. The number of phenolic OH excluding ortho intramolecular Hbond substituents is 1. The Kier molecular flexibility index (Phi) is 8.96. The summed E-state index contributed by atoms with van der Waals surface area (Å²) in [7, 11) is -2.28. The maximum atomic E-state index is 14.3. The molecule has 3 rings (SSSR count). The van der Waals surface area contributed by atoms with Crippen LogP contribution >= 0.6 is 0 Å². The van der Waals surface area contributed by atoms with Crippen LogP contribution in [-0.2, 0) is 27.8 Å². The van der Waals surface area contributed by atoms with Crippen molar-refractivity contribution in [2.45, 2.75) is 39.4 Å². The molecule has 0 saturated heterocycles. The number of carbonyl (C=O) groups excluding carboxylic acids is 1. The van der Waals surface area contributed by atoms with E-state index in [-0.39, 0.29) is 41.3 Å². The van der Waals surface area contributed by atoms with Gasteiger partial charge in [0.05, 0.1) is 29.6 Å². The highest BCUT2D eigenvalue weighted by atomic mass is 32.2. The molecule has 0 saturated carbocycles. The van der Waals surface area contributed by atoms with Crippen molar-refractivity contribution in [1.29, 1.82) is 5.41 Å². The zero-order chi connectivity index (χ0) is 30.9. The molecule has 41 heavy (non-hydrogen) atoms. The van der Waals surface area contributed by atoms with Gasteiger partial charge < -0.3 is 16.2 Å². The normalized spacial score (nSPS) is 11.8. The van der Waals surface area contributed by atoms with E-state index in [4.69, 9.17) is 11.1 Å². The largest absolute Gasteiger partial charge is 0.505 e. The molecule has 220 valence electrons. The lowest BCUT2D eigenvalue weighted by Gasteiger charge is -2.22. The minimum absolute atomic E-state index is 0.0421. The number of carbonyl (C=O) groups is 1. The van der Waals surface area contributed by atoms with Crippen molar-refractivity contribution in [3.05, 3.63) is 64.5 Å². The number of pyridine rings is 1. The van der Waals surface area contributed by atoms with E-state index >= 15 is 0 Å². The van der Waals surface area contributed by atoms with Crippen LogP contribution in [0.3, 0.4) is 0 Å². The number of ketones is 1. The number of nitrogens with two attached hydrogens (primary N) is 1. The van der Waals surface area contributed by atoms with Crippen molar-refractivity contribution in [1.82, 2.24) is 4.98 Å². The number of alkyl halides is 3. The highest BCUT2D eigenvalue weighted by Crippen LogP contribution is 2.36. The Labute approximate surface area is 234 Å². The number of hydrogen-bond acceptors (Lipinski definition) is 8. The number of nitrogen functional groups attached to an aromatic ring is 1. The number of aryl methyl sites for hydroxylation is 1. The summed E-state index contributed by atoms with van der Waals surface area (Å²) in [4.78, 5) is 16.8. The van der Waals surface area contributed by atoms with Gasteiger partial charge in [0.15, 0.2) is 17.3 Å². The molecular weight excluding hydrogens is 566 g/mol. The number of nitrogens with zero attached hydrogens (tertiary/aromatic N) is 2. The molecule has 3 aromatic rings. The Bertz CT molecular complexity index is 1620. The minimum atomic E-state index is -4.70. The third-order valence-corrected chi connectivity index (χ3v) is 7.45. The molecule has 0 aliphatic rings. The molecule has 0 aliphatic heterocycles. The number of aromatic hydroxyl groups is 1. The van der Waals surface area contributed by atoms with Gasteiger partial charge in [-0.25, -0.2) is 17.8 Å². The Hall–Kier alpha value is -4.20. The van der Waals surface area contributed by atoms with Crippen LogP contribution in [-0.4, -0.2) is 49.5 Å². The highest BCUT2D eigenvalue weighted by molar-refractivity contribution is 7.92. The van der Waals surface area contributed by atoms with Gasteiger partial charge in [-0.1, -0.05) is 24.6 Å². The molecule has 1 heterocycles. The fourth-order valence-electron chi connectivity index (χ4n) is 4.14. The summed E-state index contributed by atoms with van der Waals surface area (Å²) in [5.41, 5.74) is 6.00. The first kappa shape index (κ1) is 31.3. The molecule has 0 spiro atoms. The first-order chi connectivity index (χ1) is 18.9. The molecule has 5 N–H and O–H groups in total. The summed E-state index contributed by atoms with van der Waals surface area (Å²) in [6.45, 7) is 3.23. The number of Topliss-reactive ketones (excluding diaryl/α,β-unsaturated/α-hetero) is 1. The Morgan fingerprint density at radius 2 is 1.83 bits per heavy atom. The fraction of sp³-hybridized carbons (Fsp3) is 0.296. The van der Waals surface area contributed by atoms with Gasteiger partial charge in [-0.2, -0.15) is 13.2 Å². The Morgan fingerprint density at radius 3 is 2.41 bits per heavy atom. The fourth-order valence-corrected chi connectivity index (χ4v) is 4.67. The van der Waals surface area contributed by atoms with E-state index in [1.807, 2.05) is 0 Å². The van der Waals surface area contributed by atoms with Crippen LogP contribution in [0.4, 0.5) is 34.8 Å². The zero-order valence-corrected chi connectivity index (χ0v) is 23.5. The lowest BCUT2D eigenvalue weighted by Crippen LogP contribution is -2.26. The van der Waals surface area contributed by atoms with Crippen LogP contribution in [0.25, 0.3) is 11.3 Å². The van der Waals surface area contributed by atoms with Crippen LogP contribution in [0, 0.1) is 18.2 Å². The summed E-state index contributed by atoms with van der Waals surface area (Å²) >= 11 is 0. The second-order valence-corrected chi connectivity index (χ2v) is 11.5. The van der Waals surface area contributed by atoms with Crippen molar-refractivity contribution >= 4 is 38.7 Å². The number of nitrogens with one attached hydrogen (secondary N) is 2. The molecule has 0 bridgehead atoms. The SMILES string of the molecule is CCC(=O)C(=N)c1c(N)cc(-c2cc(F)c(O)cc2CC(F)(F)F)nc1NCc1cc(C)ccc1N(C)S(C)(=O)=O. The van der Waals surface area contributed by atoms with Crippen molar-refractivity contribution in [2.75, 3.05) is 28.7 Å². The zero-order valence-electron chi connectivity index (χ0n) is 22.6. The van der Waals surface area contributed by atoms with E-state index in [0.717, 1.165) is 22.2 Å². The van der Waals surface area contributed by atoms with Gasteiger partial charge in [0, 0.05) is 31.3 Å². The summed E-state index contributed by atoms with van der Waals surface area (Å²) in [5, 5.41) is 21.1. The second kappa shape index (κ2) is 11.7. The van der Waals surface area contributed by atoms with Crippen molar-refractivity contribution in [2.24, 2.45) is 0 Å². The van der Waals surface area contributed by atoms with Gasteiger partial charge in [0.25, 0.3) is 0 Å². The van der Waals surface area contributed by atoms with Gasteiger partial charge in [-0.05, 0) is 42.3 Å². The Balaban J connectivity index is 2.21. The molecule has 0 unspecified atom stereocenters. The minimum Gasteiger partial charge on any atom is -0.505 e. The quantitative estimate of drug-likeness (QED) is 0.192. The molecule has 0 atom stereocenters. The number of anilines is 3. The average Bonchev–Trinajstić information content (AvgIpc) is 2.86. The van der Waals surface area contributed by atoms with Gasteiger partial charge in [-0.3, -0.25) is 14.5 Å². The number of rotatable bonds is 10. The molecule has 0 radical (unpaired) electrons. The third-order valence-electron chi connectivity index (χ3n) is 6.26. The van der Waals surface area contributed by atoms with Gasteiger partial charge in [-0.15, -0.1) is 0 Å². The van der Waals surface area contributed by atoms with Crippen LogP contribution in [0.5, 0.6) is 5.75 Å². The molecule has 0 fully saturated rings. The standard InChI is InChI=1S/C27H29F4N5O4S/c1-5-22(37)25(33)24-19(32)11-20(17-10-18(28)23(38)9-15(17)12-27(29,30)31)35-26(24)34-13-16-8-14(2)6-7-21(16)36(3)41(4,39)40/h6-11,33,38H,5,12-13H2,1-4H3,(H3,32,34,35). The summed E-state index contributed by atoms with van der Waals surface area (Å²) in [6.07, 6.45) is -5.22. The maximum Gasteiger partial charge on any atom is 0.393 e. The van der Waals surface area contributed by atoms with Crippen LogP contribution < -0.4 is 15.4 Å². The molecule has 14 heteroatoms. The van der Waals surface area contributed by atoms with E-state index in [1.54, 1.807) is 25.1 Å². The van der Waals surface area contributed by atoms with Crippen LogP contribution in [0.2, 0.25) is 0 Å². The summed E-state index contributed by atoms with van der Waals surface area (Å²) in [5.74, 6) is -2.91. The molecular formula is C27H29F4N5O4S. The van der Waals surface area contributed by atoms with E-state index in [0.29, 0.717) is 23.4 Å².